The molecule has 0 amide bonds. The monoisotopic (exact) mass is 775 g/mol. The Kier molecular flexibility index (Phi) is 8.85. The number of hydrogen-bond acceptors (Lipinski definition) is 10. The van der Waals surface area contributed by atoms with Gasteiger partial charge in [-0.05, 0) is 76.0 Å². The van der Waals surface area contributed by atoms with Crippen molar-refractivity contribution in [3.8, 4) is 5.75 Å². The molecule has 3 aliphatic rings. The van der Waals surface area contributed by atoms with Crippen LogP contribution in [-0.4, -0.2) is 60.9 Å². The van der Waals surface area contributed by atoms with E-state index in [0.717, 1.165) is 5.56 Å². The number of fused-ring (bicyclic) bond motifs is 2. The number of halogens is 2. The minimum absolute atomic E-state index is 0.0541. The lowest BCUT2D eigenvalue weighted by atomic mass is 9.78. The first-order valence-corrected chi connectivity index (χ1v) is 15.1. The van der Waals surface area contributed by atoms with Crippen LogP contribution in [0.5, 0.6) is 5.75 Å². The third kappa shape index (κ3) is 6.08. The molecule has 5 rings (SSSR count). The highest BCUT2D eigenvalue weighted by Crippen LogP contribution is 2.43. The summed E-state index contributed by atoms with van der Waals surface area (Å²) < 4.78 is 23.4. The van der Waals surface area contributed by atoms with Crippen molar-refractivity contribution < 1.29 is 43.2 Å². The van der Waals surface area contributed by atoms with Gasteiger partial charge in [0.05, 0.1) is 15.4 Å². The molecule has 10 nitrogen and oxygen atoms in total. The van der Waals surface area contributed by atoms with Gasteiger partial charge in [0.2, 0.25) is 0 Å². The molecule has 4 unspecified atom stereocenters. The van der Waals surface area contributed by atoms with Gasteiger partial charge in [-0.25, -0.2) is 9.59 Å². The van der Waals surface area contributed by atoms with Gasteiger partial charge in [-0.2, -0.15) is 0 Å². The van der Waals surface area contributed by atoms with Gasteiger partial charge in [0.25, 0.3) is 0 Å². The van der Waals surface area contributed by atoms with Crippen molar-refractivity contribution in [2.75, 3.05) is 19.7 Å². The van der Waals surface area contributed by atoms with Crippen LogP contribution in [0.1, 0.15) is 41.6 Å². The molecule has 0 spiro atoms. The molecule has 0 radical (unpaired) electrons. The van der Waals surface area contributed by atoms with Crippen LogP contribution in [0.4, 0.5) is 0 Å². The van der Waals surface area contributed by atoms with Gasteiger partial charge in [-0.1, -0.05) is 30.3 Å². The normalized spacial score (nSPS) is 25.0. The molecule has 3 fully saturated rings. The first-order valence-electron chi connectivity index (χ1n) is 12.9. The molecule has 40 heavy (non-hydrogen) atoms. The van der Waals surface area contributed by atoms with Crippen LogP contribution in [-0.2, 0) is 38.9 Å². The average Bonchev–Trinajstić information content (AvgIpc) is 3.27. The predicted octanol–water partition coefficient (Wildman–Crippen LogP) is 3.44. The van der Waals surface area contributed by atoms with Crippen molar-refractivity contribution in [3.05, 3.63) is 60.7 Å². The summed E-state index contributed by atoms with van der Waals surface area (Å²) in [5.41, 5.74) is 0.00986. The molecule has 212 valence electrons. The number of rotatable bonds is 7. The van der Waals surface area contributed by atoms with Crippen molar-refractivity contribution in [2.24, 2.45) is 11.8 Å². The summed E-state index contributed by atoms with van der Waals surface area (Å²) in [6.45, 7) is 0.650. The number of carbonyl (C=O) groups is 4. The lowest BCUT2D eigenvalue weighted by Gasteiger charge is -2.39. The molecule has 2 heterocycles. The Bertz CT molecular complexity index is 1310. The third-order valence-electron chi connectivity index (χ3n) is 7.60. The van der Waals surface area contributed by atoms with E-state index in [4.69, 9.17) is 18.9 Å². The SMILES string of the molecule is O=C(COC(=O)c1cc(I)cc(I)c1O)OC1CC(C(=O)OC2(c3ccccc3)CCNCC2)C2CC1OC2=O. The molecule has 2 N–H and O–H groups in total. The molecule has 2 aromatic carbocycles. The molecule has 12 heteroatoms. The van der Waals surface area contributed by atoms with E-state index < -0.39 is 60.1 Å². The van der Waals surface area contributed by atoms with E-state index in [0.29, 0.717) is 33.1 Å². The number of esters is 4. The van der Waals surface area contributed by atoms with Gasteiger partial charge in [0.15, 0.2) is 6.61 Å². The number of benzene rings is 2. The molecule has 2 aromatic rings. The molecular formula is C28H27I2NO9. The summed E-state index contributed by atoms with van der Waals surface area (Å²) >= 11 is 3.89. The van der Waals surface area contributed by atoms with Crippen LogP contribution in [0.15, 0.2) is 42.5 Å². The quantitative estimate of drug-likeness (QED) is 0.245. The minimum Gasteiger partial charge on any atom is -0.506 e. The number of ether oxygens (including phenoxy) is 4. The van der Waals surface area contributed by atoms with Crippen molar-refractivity contribution >= 4 is 69.1 Å². The Morgan fingerprint density at radius 2 is 1.80 bits per heavy atom. The van der Waals surface area contributed by atoms with Gasteiger partial charge >= 0.3 is 23.9 Å². The third-order valence-corrected chi connectivity index (χ3v) is 9.05. The van der Waals surface area contributed by atoms with Gasteiger partial charge in [0.1, 0.15) is 29.1 Å². The lowest BCUT2D eigenvalue weighted by Crippen LogP contribution is -2.47. The van der Waals surface area contributed by atoms with Crippen LogP contribution < -0.4 is 5.32 Å². The maximum absolute atomic E-state index is 13.6. The minimum atomic E-state index is -0.890. The highest BCUT2D eigenvalue weighted by atomic mass is 127. The summed E-state index contributed by atoms with van der Waals surface area (Å²) in [7, 11) is 0. The first kappa shape index (κ1) is 29.0. The molecule has 4 atom stereocenters. The van der Waals surface area contributed by atoms with Crippen LogP contribution in [0.25, 0.3) is 0 Å². The standard InChI is InChI=1S/C28H27I2NO9/c29-16-10-19(24(33)20(30)11-16)25(34)37-14-23(32)38-21-13-18(17-12-22(21)39-26(17)35)27(36)40-28(6-8-31-9-7-28)15-4-2-1-3-5-15/h1-5,10-11,17-18,21-22,31,33H,6-9,12-14H2. The largest absolute Gasteiger partial charge is 0.506 e. The van der Waals surface area contributed by atoms with E-state index in [-0.39, 0.29) is 24.2 Å². The lowest BCUT2D eigenvalue weighted by molar-refractivity contribution is -0.177. The second-order valence-electron chi connectivity index (χ2n) is 10.1. The van der Waals surface area contributed by atoms with Crippen LogP contribution in [0, 0.1) is 19.0 Å². The number of aromatic hydroxyl groups is 1. The van der Waals surface area contributed by atoms with E-state index >= 15 is 0 Å². The Hall–Kier alpha value is -2.46. The van der Waals surface area contributed by atoms with Crippen molar-refractivity contribution in [1.29, 1.82) is 0 Å². The maximum Gasteiger partial charge on any atom is 0.344 e. The molecule has 1 saturated carbocycles. The first-order chi connectivity index (χ1) is 19.2. The van der Waals surface area contributed by atoms with E-state index in [1.165, 1.54) is 6.07 Å². The van der Waals surface area contributed by atoms with Gasteiger partial charge in [-0.15, -0.1) is 0 Å². The second kappa shape index (κ2) is 12.2. The fourth-order valence-electron chi connectivity index (χ4n) is 5.56. The predicted molar refractivity (Wildman–Crippen MR) is 156 cm³/mol. The summed E-state index contributed by atoms with van der Waals surface area (Å²) in [5.74, 6) is -4.52. The zero-order valence-corrected chi connectivity index (χ0v) is 25.6. The van der Waals surface area contributed by atoms with Gasteiger partial charge in [0, 0.05) is 29.3 Å². The van der Waals surface area contributed by atoms with E-state index in [1.54, 1.807) is 6.07 Å². The fraction of sp³-hybridized carbons (Fsp3) is 0.429. The Labute approximate surface area is 257 Å². The average molecular weight is 775 g/mol. The smallest absolute Gasteiger partial charge is 0.344 e. The highest BCUT2D eigenvalue weighted by Gasteiger charge is 2.54. The Morgan fingerprint density at radius 3 is 2.52 bits per heavy atom. The maximum atomic E-state index is 13.6. The number of nitrogens with one attached hydrogen (secondary N) is 1. The zero-order chi connectivity index (χ0) is 28.4. The van der Waals surface area contributed by atoms with Gasteiger partial charge in [-0.3, -0.25) is 9.59 Å². The zero-order valence-electron chi connectivity index (χ0n) is 21.3. The molecule has 2 bridgehead atoms. The number of phenols is 1. The Balaban J connectivity index is 1.25. The molecular weight excluding hydrogens is 748 g/mol. The van der Waals surface area contributed by atoms with Crippen LogP contribution >= 0.6 is 45.2 Å². The highest BCUT2D eigenvalue weighted by molar-refractivity contribution is 14.1. The summed E-state index contributed by atoms with van der Waals surface area (Å²) in [6.07, 6.45) is -0.120. The molecule has 2 saturated heterocycles. The van der Waals surface area contributed by atoms with Crippen LogP contribution in [0.3, 0.4) is 0 Å². The summed E-state index contributed by atoms with van der Waals surface area (Å²) in [5, 5.41) is 13.5. The number of carbonyl (C=O) groups excluding carboxylic acids is 4. The fourth-order valence-corrected chi connectivity index (χ4v) is 7.40. The summed E-state index contributed by atoms with van der Waals surface area (Å²) in [4.78, 5) is 51.3. The molecule has 2 aliphatic heterocycles. The molecule has 0 aromatic heterocycles. The van der Waals surface area contributed by atoms with Crippen molar-refractivity contribution in [2.45, 2.75) is 43.5 Å². The second-order valence-corrected chi connectivity index (χ2v) is 12.5. The van der Waals surface area contributed by atoms with Crippen molar-refractivity contribution in [1.82, 2.24) is 5.32 Å². The summed E-state index contributed by atoms with van der Waals surface area (Å²) in [6, 6.07) is 12.7. The van der Waals surface area contributed by atoms with E-state index in [2.05, 4.69) is 5.32 Å². The number of hydrogen-bond donors (Lipinski definition) is 2. The number of phenolic OH excluding ortho intramolecular Hbond substituents is 1. The number of piperidine rings is 1. The topological polar surface area (TPSA) is 137 Å². The van der Waals surface area contributed by atoms with Crippen molar-refractivity contribution in [3.63, 3.8) is 0 Å². The van der Waals surface area contributed by atoms with Crippen LogP contribution in [0.2, 0.25) is 0 Å². The van der Waals surface area contributed by atoms with Gasteiger partial charge < -0.3 is 29.4 Å². The van der Waals surface area contributed by atoms with E-state index in [1.807, 2.05) is 75.5 Å². The molecule has 1 aliphatic carbocycles. The Morgan fingerprint density at radius 1 is 1.07 bits per heavy atom. The van der Waals surface area contributed by atoms with E-state index in [9.17, 15) is 24.3 Å².